The number of carbonyl (C=O) groups excluding carboxylic acids is 6. The normalized spacial score (nSPS) is 31.2. The maximum absolute atomic E-state index is 13.8. The van der Waals surface area contributed by atoms with Gasteiger partial charge in [0, 0.05) is 57.7 Å². The Kier molecular flexibility index (Phi) is 26.2. The molecular formula is C47H86N7O21P. The fourth-order valence-electron chi connectivity index (χ4n) is 9.60. The minimum Gasteiger partial charge on any atom is -0.394 e. The number of rotatable bonds is 29. The zero-order valence-electron chi connectivity index (χ0n) is 45.1. The maximum atomic E-state index is 13.8. The summed E-state index contributed by atoms with van der Waals surface area (Å²) in [5, 5.41) is 112. The molecule has 0 spiro atoms. The lowest BCUT2D eigenvalue weighted by molar-refractivity contribution is -0.297. The molecule has 28 nitrogen and oxygen atoms in total. The van der Waals surface area contributed by atoms with E-state index in [9.17, 15) is 74.7 Å². The average molecular weight is 1120 g/mol. The number of aliphatic hydroxyl groups is 9. The molecule has 76 heavy (non-hydrogen) atoms. The number of carbonyl (C=O) groups is 6. The van der Waals surface area contributed by atoms with Gasteiger partial charge >= 0.3 is 0 Å². The van der Waals surface area contributed by atoms with Crippen LogP contribution in [0.5, 0.6) is 0 Å². The molecule has 6 amide bonds. The van der Waals surface area contributed by atoms with Crippen LogP contribution in [0.2, 0.25) is 0 Å². The van der Waals surface area contributed by atoms with Gasteiger partial charge in [0.05, 0.1) is 31.0 Å². The highest BCUT2D eigenvalue weighted by molar-refractivity contribution is 7.30. The van der Waals surface area contributed by atoms with Crippen molar-refractivity contribution in [1.82, 2.24) is 37.0 Å². The molecule has 16 N–H and O–H groups in total. The highest BCUT2D eigenvalue weighted by Crippen LogP contribution is 2.33. The van der Waals surface area contributed by atoms with Gasteiger partial charge in [-0.1, -0.05) is 0 Å². The lowest BCUT2D eigenvalue weighted by Crippen LogP contribution is -2.65. The molecule has 3 aliphatic rings. The first-order chi connectivity index (χ1) is 35.3. The number of nitrogens with one attached hydrogen (secondary N) is 7. The SMILES string of the molecule is CNC(CCC(=O)NCCC(C)(C)OC1OC(CO)C(O)C(O)C1NC(C)=O)(CCC(=O)NPOC1OC(CO)C(O)C(O)C1NC(C)=O)CCC(=O)NC(C)(C)CC(C)(C)OC1OC(CO)C(O)C(O)C1NC(C)=O. The predicted octanol–water partition coefficient (Wildman–Crippen LogP) is -4.86. The van der Waals surface area contributed by atoms with E-state index in [1.165, 1.54) is 20.8 Å². The van der Waals surface area contributed by atoms with Gasteiger partial charge in [0.1, 0.15) is 82.0 Å². The third-order valence-corrected chi connectivity index (χ3v) is 14.1. The van der Waals surface area contributed by atoms with E-state index in [1.54, 1.807) is 48.6 Å². The second-order valence-corrected chi connectivity index (χ2v) is 22.3. The Morgan fingerprint density at radius 3 is 1.32 bits per heavy atom. The molecule has 3 rings (SSSR count). The van der Waals surface area contributed by atoms with Crippen LogP contribution in [0.4, 0.5) is 0 Å². The molecule has 0 aliphatic carbocycles. The highest BCUT2D eigenvalue weighted by atomic mass is 31.1. The minimum absolute atomic E-state index is 0.0822. The molecule has 3 aliphatic heterocycles. The van der Waals surface area contributed by atoms with Gasteiger partial charge in [0.15, 0.2) is 18.9 Å². The van der Waals surface area contributed by atoms with Crippen molar-refractivity contribution in [2.24, 2.45) is 0 Å². The Morgan fingerprint density at radius 1 is 0.526 bits per heavy atom. The standard InChI is InChI=1S/C47H86N7O21P/c1-23(58)50-32-38(67)35(64)26(19-55)70-41(32)73-45(6,7)17-18-49-29(61)11-14-47(48-10,16-13-31(63)54-76-75-43-34(52-25(3)60)40(69)37(66)28(21-57)72-43)15-12-30(62)53-44(4,5)22-46(8,9)74-42-33(51-24(2)59)39(68)36(65)27(20-56)71-42/h26-28,32-43,48,55-57,64-69,76H,11-22H2,1-10H3,(H,49,61)(H,50,58)(H,51,59)(H,52,60)(H,53,62)(H,54,63). The lowest BCUT2D eigenvalue weighted by atomic mass is 9.83. The van der Waals surface area contributed by atoms with Crippen LogP contribution in [-0.2, 0) is 57.0 Å². The third-order valence-electron chi connectivity index (χ3n) is 13.4. The molecule has 0 saturated carbocycles. The van der Waals surface area contributed by atoms with Gasteiger partial charge < -0.3 is 111 Å². The summed E-state index contributed by atoms with van der Waals surface area (Å²) >= 11 is 0. The van der Waals surface area contributed by atoms with E-state index in [-0.39, 0.29) is 57.9 Å². The van der Waals surface area contributed by atoms with Gasteiger partial charge in [0.25, 0.3) is 0 Å². The van der Waals surface area contributed by atoms with Crippen LogP contribution in [0, 0.1) is 0 Å². The van der Waals surface area contributed by atoms with Crippen LogP contribution in [0.3, 0.4) is 0 Å². The summed E-state index contributed by atoms with van der Waals surface area (Å²) in [5.41, 5.74) is -4.13. The molecule has 0 aromatic carbocycles. The molecule has 0 aromatic heterocycles. The minimum atomic E-state index is -1.57. The second kappa shape index (κ2) is 29.7. The summed E-state index contributed by atoms with van der Waals surface area (Å²) in [6.45, 7) is 12.0. The van der Waals surface area contributed by atoms with E-state index >= 15 is 0 Å². The summed E-state index contributed by atoms with van der Waals surface area (Å²) in [5.74, 6) is -2.94. The van der Waals surface area contributed by atoms with Crippen molar-refractivity contribution in [1.29, 1.82) is 0 Å². The van der Waals surface area contributed by atoms with Gasteiger partial charge in [0.2, 0.25) is 35.4 Å². The second-order valence-electron chi connectivity index (χ2n) is 21.6. The van der Waals surface area contributed by atoms with Gasteiger partial charge in [-0.3, -0.25) is 28.8 Å². The average Bonchev–Trinajstić information content (AvgIpc) is 3.32. The largest absolute Gasteiger partial charge is 0.394 e. The van der Waals surface area contributed by atoms with E-state index in [0.29, 0.717) is 0 Å². The zero-order chi connectivity index (χ0) is 57.5. The van der Waals surface area contributed by atoms with Crippen molar-refractivity contribution in [3.63, 3.8) is 0 Å². The van der Waals surface area contributed by atoms with E-state index in [2.05, 4.69) is 37.0 Å². The summed E-state index contributed by atoms with van der Waals surface area (Å²) in [4.78, 5) is 76.5. The van der Waals surface area contributed by atoms with E-state index < -0.39 is 178 Å². The van der Waals surface area contributed by atoms with Gasteiger partial charge in [-0.2, -0.15) is 0 Å². The van der Waals surface area contributed by atoms with E-state index in [4.69, 9.17) is 28.2 Å². The Balaban J connectivity index is 1.72. The molecule has 0 aromatic rings. The Bertz CT molecular complexity index is 1910. The summed E-state index contributed by atoms with van der Waals surface area (Å²) in [6, 6.07) is -3.62. The van der Waals surface area contributed by atoms with Crippen LogP contribution < -0.4 is 37.0 Å². The maximum Gasteiger partial charge on any atom is 0.224 e. The number of hydrogen-bond acceptors (Lipinski definition) is 22. The topological polar surface area (TPSA) is 424 Å². The summed E-state index contributed by atoms with van der Waals surface area (Å²) < 4.78 is 35.1. The van der Waals surface area contributed by atoms with Crippen LogP contribution in [0.1, 0.15) is 114 Å². The molecule has 17 unspecified atom stereocenters. The van der Waals surface area contributed by atoms with Crippen LogP contribution in [-0.4, -0.2) is 229 Å². The van der Waals surface area contributed by atoms with E-state index in [1.807, 2.05) is 0 Å². The molecule has 0 radical (unpaired) electrons. The highest BCUT2D eigenvalue weighted by Gasteiger charge is 2.50. The first-order valence-electron chi connectivity index (χ1n) is 25.3. The number of aliphatic hydroxyl groups excluding tert-OH is 9. The molecule has 0 bridgehead atoms. The smallest absolute Gasteiger partial charge is 0.224 e. The molecule has 3 saturated heterocycles. The van der Waals surface area contributed by atoms with Crippen LogP contribution in [0.15, 0.2) is 0 Å². The van der Waals surface area contributed by atoms with Crippen molar-refractivity contribution < 1.29 is 103 Å². The van der Waals surface area contributed by atoms with Crippen molar-refractivity contribution in [2.45, 2.75) is 228 Å². The molecule has 29 heteroatoms. The number of hydrogen-bond donors (Lipinski definition) is 16. The number of amides is 6. The van der Waals surface area contributed by atoms with Gasteiger partial charge in [-0.05, 0) is 80.7 Å². The Morgan fingerprint density at radius 2 is 0.908 bits per heavy atom. The van der Waals surface area contributed by atoms with Crippen molar-refractivity contribution in [3.8, 4) is 0 Å². The number of ether oxygens (including phenoxy) is 5. The van der Waals surface area contributed by atoms with Crippen molar-refractivity contribution in [3.05, 3.63) is 0 Å². The predicted molar refractivity (Wildman–Crippen MR) is 268 cm³/mol. The zero-order valence-corrected chi connectivity index (χ0v) is 46.1. The molecule has 440 valence electrons. The molecule has 3 heterocycles. The van der Waals surface area contributed by atoms with Gasteiger partial charge in [-0.15, -0.1) is 0 Å². The fourth-order valence-corrected chi connectivity index (χ4v) is 10.2. The van der Waals surface area contributed by atoms with Crippen LogP contribution in [0.25, 0.3) is 0 Å². The molecular weight excluding hydrogens is 1030 g/mol. The van der Waals surface area contributed by atoms with Crippen LogP contribution >= 0.6 is 8.96 Å². The monoisotopic (exact) mass is 1120 g/mol. The fraction of sp³-hybridized carbons (Fsp3) is 0.872. The van der Waals surface area contributed by atoms with Gasteiger partial charge in [-0.25, -0.2) is 0 Å². The summed E-state index contributed by atoms with van der Waals surface area (Å²) in [6.07, 6.45) is -16.5. The lowest BCUT2D eigenvalue weighted by Gasteiger charge is -2.46. The Hall–Kier alpha value is -3.39. The molecule has 3 fully saturated rings. The third kappa shape index (κ3) is 20.4. The van der Waals surface area contributed by atoms with Crippen molar-refractivity contribution in [2.75, 3.05) is 33.4 Å². The Labute approximate surface area is 444 Å². The van der Waals surface area contributed by atoms with Crippen molar-refractivity contribution >= 4 is 44.4 Å². The first kappa shape index (κ1) is 66.9. The van der Waals surface area contributed by atoms with E-state index in [0.717, 1.165) is 0 Å². The quantitative estimate of drug-likeness (QED) is 0.0312. The molecule has 17 atom stereocenters. The first-order valence-corrected chi connectivity index (χ1v) is 26.2. The summed E-state index contributed by atoms with van der Waals surface area (Å²) in [7, 11) is 0.842.